The maximum Gasteiger partial charge on any atom is 0.147 e. The summed E-state index contributed by atoms with van der Waals surface area (Å²) in [7, 11) is 0.949. The van der Waals surface area contributed by atoms with E-state index in [2.05, 4.69) is 23.4 Å². The molecule has 1 aromatic heterocycles. The molecule has 104 valence electrons. The van der Waals surface area contributed by atoms with Crippen LogP contribution in [0.3, 0.4) is 0 Å². The lowest BCUT2D eigenvalue weighted by molar-refractivity contribution is 0.498. The number of nitrogens with zero attached hydrogens (tertiary/aromatic N) is 2. The Morgan fingerprint density at radius 3 is 2.61 bits per heavy atom. The van der Waals surface area contributed by atoms with E-state index >= 15 is 0 Å². The summed E-state index contributed by atoms with van der Waals surface area (Å²) in [6.45, 7) is 2.07. The summed E-state index contributed by atoms with van der Waals surface area (Å²) in [5, 5.41) is 7.64. The van der Waals surface area contributed by atoms with Crippen LogP contribution in [0.2, 0.25) is 0 Å². The van der Waals surface area contributed by atoms with Crippen LogP contribution < -0.4 is 5.32 Å². The Balaban J connectivity index is 2.68. The highest BCUT2D eigenvalue weighted by atomic mass is 32.2. The van der Waals surface area contributed by atoms with Crippen molar-refractivity contribution in [2.24, 2.45) is 7.05 Å². The van der Waals surface area contributed by atoms with Crippen LogP contribution >= 0.6 is 0 Å². The van der Waals surface area contributed by atoms with Crippen LogP contribution in [0.4, 0.5) is 0 Å². The van der Waals surface area contributed by atoms with Crippen molar-refractivity contribution < 1.29 is 8.42 Å². The molecule has 1 unspecified atom stereocenters. The number of nitrogens with one attached hydrogen (secondary N) is 1. The van der Waals surface area contributed by atoms with Gasteiger partial charge < -0.3 is 5.32 Å². The molecule has 1 rings (SSSR count). The molecule has 0 aliphatic heterocycles. The quantitative estimate of drug-likeness (QED) is 0.807. The molecule has 0 aromatic carbocycles. The number of aryl methyl sites for hydroxylation is 2. The molecule has 0 spiro atoms. The largest absolute Gasteiger partial charge is 0.312 e. The second-order valence-electron chi connectivity index (χ2n) is 4.65. The Kier molecular flexibility index (Phi) is 5.34. The Labute approximate surface area is 109 Å². The van der Waals surface area contributed by atoms with Crippen molar-refractivity contribution in [1.29, 1.82) is 0 Å². The normalized spacial score (nSPS) is 13.8. The highest BCUT2D eigenvalue weighted by Crippen LogP contribution is 2.19. The van der Waals surface area contributed by atoms with Gasteiger partial charge >= 0.3 is 0 Å². The molecule has 0 radical (unpaired) electrons. The number of rotatable bonds is 7. The zero-order valence-electron chi connectivity index (χ0n) is 11.6. The lowest BCUT2D eigenvalue weighted by Gasteiger charge is -2.16. The fourth-order valence-corrected chi connectivity index (χ4v) is 2.72. The van der Waals surface area contributed by atoms with Crippen molar-refractivity contribution in [1.82, 2.24) is 15.1 Å². The molecule has 5 nitrogen and oxygen atoms in total. The smallest absolute Gasteiger partial charge is 0.147 e. The summed E-state index contributed by atoms with van der Waals surface area (Å²) < 4.78 is 24.1. The Morgan fingerprint density at radius 2 is 2.17 bits per heavy atom. The number of hydrogen-bond donors (Lipinski definition) is 1. The van der Waals surface area contributed by atoms with Gasteiger partial charge in [-0.2, -0.15) is 5.10 Å². The van der Waals surface area contributed by atoms with E-state index in [1.807, 2.05) is 18.8 Å². The van der Waals surface area contributed by atoms with Gasteiger partial charge in [-0.3, -0.25) is 4.68 Å². The third-order valence-corrected chi connectivity index (χ3v) is 4.07. The van der Waals surface area contributed by atoms with Crippen molar-refractivity contribution in [2.45, 2.75) is 32.2 Å². The van der Waals surface area contributed by atoms with Crippen LogP contribution in [0.15, 0.2) is 6.07 Å². The van der Waals surface area contributed by atoms with Crippen LogP contribution in [0.1, 0.15) is 37.2 Å². The molecule has 1 atom stereocenters. The maximum absolute atomic E-state index is 11.1. The van der Waals surface area contributed by atoms with Gasteiger partial charge in [0.2, 0.25) is 0 Å². The molecule has 1 N–H and O–H groups in total. The zero-order valence-corrected chi connectivity index (χ0v) is 12.4. The lowest BCUT2D eigenvalue weighted by atomic mass is 10.1. The van der Waals surface area contributed by atoms with Crippen molar-refractivity contribution in [3.05, 3.63) is 17.5 Å². The number of hydrogen-bond acceptors (Lipinski definition) is 4. The second kappa shape index (κ2) is 6.33. The Bertz CT molecular complexity index is 480. The average molecular weight is 273 g/mol. The van der Waals surface area contributed by atoms with Gasteiger partial charge in [0, 0.05) is 25.1 Å². The second-order valence-corrected chi connectivity index (χ2v) is 6.91. The molecule has 0 amide bonds. The van der Waals surface area contributed by atoms with Gasteiger partial charge in [0.1, 0.15) is 9.84 Å². The first-order valence-corrected chi connectivity index (χ1v) is 8.31. The van der Waals surface area contributed by atoms with Gasteiger partial charge in [-0.25, -0.2) is 8.42 Å². The van der Waals surface area contributed by atoms with Crippen molar-refractivity contribution >= 4 is 9.84 Å². The van der Waals surface area contributed by atoms with Gasteiger partial charge in [0.05, 0.1) is 11.4 Å². The van der Waals surface area contributed by atoms with Gasteiger partial charge in [0.25, 0.3) is 0 Å². The van der Waals surface area contributed by atoms with Crippen molar-refractivity contribution in [2.75, 3.05) is 19.1 Å². The molecular formula is C12H23N3O2S. The van der Waals surface area contributed by atoms with Gasteiger partial charge in [0.15, 0.2) is 0 Å². The fraction of sp³-hybridized carbons (Fsp3) is 0.750. The van der Waals surface area contributed by atoms with Gasteiger partial charge in [-0.05, 0) is 32.4 Å². The van der Waals surface area contributed by atoms with E-state index in [1.165, 1.54) is 6.26 Å². The fourth-order valence-electron chi connectivity index (χ4n) is 2.03. The predicted molar refractivity (Wildman–Crippen MR) is 73.3 cm³/mol. The minimum absolute atomic E-state index is 0.157. The third-order valence-electron chi connectivity index (χ3n) is 3.04. The molecule has 0 fully saturated rings. The third kappa shape index (κ3) is 4.42. The van der Waals surface area contributed by atoms with E-state index in [0.29, 0.717) is 6.42 Å². The molecular weight excluding hydrogens is 250 g/mol. The molecule has 0 saturated heterocycles. The minimum Gasteiger partial charge on any atom is -0.312 e. The first-order chi connectivity index (χ1) is 8.37. The van der Waals surface area contributed by atoms with Crippen molar-refractivity contribution in [3.63, 3.8) is 0 Å². The van der Waals surface area contributed by atoms with E-state index in [0.717, 1.165) is 24.2 Å². The molecule has 18 heavy (non-hydrogen) atoms. The van der Waals surface area contributed by atoms with Crippen LogP contribution in [-0.4, -0.2) is 37.3 Å². The molecule has 0 aliphatic rings. The predicted octanol–water partition coefficient (Wildman–Crippen LogP) is 1.07. The summed E-state index contributed by atoms with van der Waals surface area (Å²) in [6, 6.07) is 2.24. The van der Waals surface area contributed by atoms with E-state index in [9.17, 15) is 8.42 Å². The first kappa shape index (κ1) is 15.2. The summed E-state index contributed by atoms with van der Waals surface area (Å²) in [6.07, 6.45) is 3.65. The van der Waals surface area contributed by atoms with Crippen LogP contribution in [0, 0.1) is 0 Å². The molecule has 1 aromatic rings. The van der Waals surface area contributed by atoms with Crippen LogP contribution in [-0.2, 0) is 23.3 Å². The first-order valence-electron chi connectivity index (χ1n) is 6.25. The van der Waals surface area contributed by atoms with E-state index in [-0.39, 0.29) is 11.8 Å². The number of aromatic nitrogens is 2. The summed E-state index contributed by atoms with van der Waals surface area (Å²) in [5.41, 5.74) is 2.18. The van der Waals surface area contributed by atoms with Crippen LogP contribution in [0.5, 0.6) is 0 Å². The zero-order chi connectivity index (χ0) is 13.8. The standard InChI is InChI=1S/C12H23N3O2S/c1-5-10-9-12(15(3)14-10)11(13-2)7-6-8-18(4,16)17/h9,11,13H,5-8H2,1-4H3. The highest BCUT2D eigenvalue weighted by Gasteiger charge is 2.15. The number of sulfone groups is 1. The summed E-state index contributed by atoms with van der Waals surface area (Å²) in [4.78, 5) is 0. The van der Waals surface area contributed by atoms with E-state index < -0.39 is 9.84 Å². The van der Waals surface area contributed by atoms with Crippen LogP contribution in [0.25, 0.3) is 0 Å². The average Bonchev–Trinajstić information content (AvgIpc) is 2.65. The Morgan fingerprint density at radius 1 is 1.50 bits per heavy atom. The molecule has 0 saturated carbocycles. The Hall–Kier alpha value is -0.880. The molecule has 0 aliphatic carbocycles. The molecule has 0 bridgehead atoms. The highest BCUT2D eigenvalue weighted by molar-refractivity contribution is 7.90. The molecule has 6 heteroatoms. The topological polar surface area (TPSA) is 64.0 Å². The lowest BCUT2D eigenvalue weighted by Crippen LogP contribution is -2.20. The van der Waals surface area contributed by atoms with Gasteiger partial charge in [-0.1, -0.05) is 6.92 Å². The summed E-state index contributed by atoms with van der Waals surface area (Å²) >= 11 is 0. The van der Waals surface area contributed by atoms with Gasteiger partial charge in [-0.15, -0.1) is 0 Å². The maximum atomic E-state index is 11.1. The van der Waals surface area contributed by atoms with Crippen molar-refractivity contribution in [3.8, 4) is 0 Å². The van der Waals surface area contributed by atoms with E-state index in [1.54, 1.807) is 0 Å². The monoisotopic (exact) mass is 273 g/mol. The minimum atomic E-state index is -2.87. The molecule has 1 heterocycles. The van der Waals surface area contributed by atoms with E-state index in [4.69, 9.17) is 0 Å². The SMILES string of the molecule is CCc1cc(C(CCCS(C)(=O)=O)NC)n(C)n1. The summed E-state index contributed by atoms with van der Waals surface area (Å²) in [5.74, 6) is 0.240.